The summed E-state index contributed by atoms with van der Waals surface area (Å²) < 4.78 is 5.81. The number of halogens is 1. The lowest BCUT2D eigenvalue weighted by molar-refractivity contribution is -0.135. The Bertz CT molecular complexity index is 752. The first kappa shape index (κ1) is 19.7. The van der Waals surface area contributed by atoms with Gasteiger partial charge in [0.05, 0.1) is 19.6 Å². The molecule has 144 valence electrons. The van der Waals surface area contributed by atoms with Crippen LogP contribution < -0.4 is 4.74 Å². The summed E-state index contributed by atoms with van der Waals surface area (Å²) in [5, 5.41) is 10.7. The molecule has 0 radical (unpaired) electrons. The molecule has 1 aliphatic heterocycles. The van der Waals surface area contributed by atoms with E-state index in [1.807, 2.05) is 53.4 Å². The number of aliphatic hydroxyl groups excluding tert-OH is 1. The Hall–Kier alpha value is -2.04. The molecule has 1 amide bonds. The summed E-state index contributed by atoms with van der Waals surface area (Å²) in [4.78, 5) is 14.6. The molecule has 0 aliphatic carbocycles. The number of hydrogen-bond acceptors (Lipinski definition) is 3. The second kappa shape index (κ2) is 9.25. The molecule has 27 heavy (non-hydrogen) atoms. The maximum Gasteiger partial charge on any atom is 0.227 e. The number of hydrogen-bond donors (Lipinski definition) is 1. The fourth-order valence-electron chi connectivity index (χ4n) is 3.67. The SMILES string of the molecule is O=C(Cc1cccc(Cl)c1)N1CCC[C@](CO)(CCOc2ccccc2)C1. The maximum atomic E-state index is 12.7. The predicted octanol–water partition coefficient (Wildman–Crippen LogP) is 3.95. The van der Waals surface area contributed by atoms with E-state index in [2.05, 4.69) is 0 Å². The molecule has 2 aromatic rings. The van der Waals surface area contributed by atoms with Crippen LogP contribution in [0.15, 0.2) is 54.6 Å². The van der Waals surface area contributed by atoms with Crippen LogP contribution in [0.3, 0.4) is 0 Å². The second-order valence-corrected chi connectivity index (χ2v) is 7.73. The number of piperidine rings is 1. The number of rotatable bonds is 7. The zero-order valence-corrected chi connectivity index (χ0v) is 16.2. The van der Waals surface area contributed by atoms with E-state index in [-0.39, 0.29) is 17.9 Å². The molecule has 1 fully saturated rings. The van der Waals surface area contributed by atoms with Crippen molar-refractivity contribution in [2.75, 3.05) is 26.3 Å². The molecule has 3 rings (SSSR count). The summed E-state index contributed by atoms with van der Waals surface area (Å²) in [7, 11) is 0. The topological polar surface area (TPSA) is 49.8 Å². The summed E-state index contributed by atoms with van der Waals surface area (Å²) in [6.07, 6.45) is 2.86. The summed E-state index contributed by atoms with van der Waals surface area (Å²) in [5.41, 5.74) is 0.622. The average Bonchev–Trinajstić information content (AvgIpc) is 2.69. The second-order valence-electron chi connectivity index (χ2n) is 7.30. The van der Waals surface area contributed by atoms with Crippen LogP contribution in [0.25, 0.3) is 0 Å². The summed E-state index contributed by atoms with van der Waals surface area (Å²) in [6, 6.07) is 17.1. The van der Waals surface area contributed by atoms with E-state index in [4.69, 9.17) is 16.3 Å². The van der Waals surface area contributed by atoms with Crippen molar-refractivity contribution in [3.05, 3.63) is 65.2 Å². The van der Waals surface area contributed by atoms with Crippen LogP contribution in [0, 0.1) is 5.41 Å². The lowest BCUT2D eigenvalue weighted by Gasteiger charge is -2.42. The normalized spacial score (nSPS) is 19.7. The Labute approximate surface area is 165 Å². The van der Waals surface area contributed by atoms with E-state index in [1.165, 1.54) is 0 Å². The fraction of sp³-hybridized carbons (Fsp3) is 0.409. The molecule has 5 heteroatoms. The van der Waals surface area contributed by atoms with Gasteiger partial charge in [0.1, 0.15) is 5.75 Å². The quantitative estimate of drug-likeness (QED) is 0.782. The lowest BCUT2D eigenvalue weighted by atomic mass is 9.78. The molecule has 1 atom stereocenters. The van der Waals surface area contributed by atoms with E-state index in [0.29, 0.717) is 24.6 Å². The Balaban J connectivity index is 1.57. The van der Waals surface area contributed by atoms with Gasteiger partial charge in [0.2, 0.25) is 5.91 Å². The number of amides is 1. The van der Waals surface area contributed by atoms with Gasteiger partial charge in [0, 0.05) is 23.5 Å². The Kier molecular flexibility index (Phi) is 6.75. The van der Waals surface area contributed by atoms with Crippen molar-refractivity contribution >= 4 is 17.5 Å². The number of likely N-dealkylation sites (tertiary alicyclic amines) is 1. The molecular formula is C22H26ClNO3. The third-order valence-corrected chi connectivity index (χ3v) is 5.47. The van der Waals surface area contributed by atoms with Gasteiger partial charge in [-0.15, -0.1) is 0 Å². The summed E-state index contributed by atoms with van der Waals surface area (Å²) >= 11 is 6.02. The van der Waals surface area contributed by atoms with Crippen LogP contribution in [0.1, 0.15) is 24.8 Å². The number of aliphatic hydroxyl groups is 1. The number of benzene rings is 2. The van der Waals surface area contributed by atoms with E-state index in [0.717, 1.165) is 37.1 Å². The lowest BCUT2D eigenvalue weighted by Crippen LogP contribution is -2.49. The number of ether oxygens (including phenoxy) is 1. The molecule has 0 spiro atoms. The number of para-hydroxylation sites is 1. The van der Waals surface area contributed by atoms with E-state index >= 15 is 0 Å². The first-order valence-corrected chi connectivity index (χ1v) is 9.79. The Morgan fingerprint density at radius 1 is 1.19 bits per heavy atom. The average molecular weight is 388 g/mol. The molecule has 0 unspecified atom stereocenters. The first-order chi connectivity index (χ1) is 13.1. The van der Waals surface area contributed by atoms with E-state index in [9.17, 15) is 9.90 Å². The molecule has 1 aliphatic rings. The highest BCUT2D eigenvalue weighted by Crippen LogP contribution is 2.33. The molecule has 4 nitrogen and oxygen atoms in total. The van der Waals surface area contributed by atoms with Gasteiger partial charge in [-0.25, -0.2) is 0 Å². The van der Waals surface area contributed by atoms with Crippen molar-refractivity contribution in [3.63, 3.8) is 0 Å². The van der Waals surface area contributed by atoms with Crippen LogP contribution in [0.5, 0.6) is 5.75 Å². The van der Waals surface area contributed by atoms with Crippen molar-refractivity contribution in [2.24, 2.45) is 5.41 Å². The largest absolute Gasteiger partial charge is 0.494 e. The number of nitrogens with zero attached hydrogens (tertiary/aromatic N) is 1. The first-order valence-electron chi connectivity index (χ1n) is 9.41. The van der Waals surface area contributed by atoms with Crippen LogP contribution >= 0.6 is 11.6 Å². The van der Waals surface area contributed by atoms with Gasteiger partial charge in [-0.05, 0) is 49.1 Å². The summed E-state index contributed by atoms with van der Waals surface area (Å²) in [5.74, 6) is 0.911. The van der Waals surface area contributed by atoms with Crippen LogP contribution in [-0.4, -0.2) is 42.2 Å². The van der Waals surface area contributed by atoms with Gasteiger partial charge in [-0.2, -0.15) is 0 Å². The van der Waals surface area contributed by atoms with Crippen molar-refractivity contribution in [1.82, 2.24) is 4.90 Å². The van der Waals surface area contributed by atoms with Crippen LogP contribution in [0.2, 0.25) is 5.02 Å². The van der Waals surface area contributed by atoms with Gasteiger partial charge in [0.15, 0.2) is 0 Å². The smallest absolute Gasteiger partial charge is 0.227 e. The molecule has 1 heterocycles. The Morgan fingerprint density at radius 2 is 2.00 bits per heavy atom. The minimum Gasteiger partial charge on any atom is -0.494 e. The molecule has 1 saturated heterocycles. The fourth-order valence-corrected chi connectivity index (χ4v) is 3.88. The van der Waals surface area contributed by atoms with Crippen molar-refractivity contribution in [1.29, 1.82) is 0 Å². The Morgan fingerprint density at radius 3 is 2.74 bits per heavy atom. The minimum absolute atomic E-state index is 0.0616. The molecular weight excluding hydrogens is 362 g/mol. The number of carbonyl (C=O) groups is 1. The zero-order valence-electron chi connectivity index (χ0n) is 15.4. The molecule has 0 bridgehead atoms. The molecule has 0 aromatic heterocycles. The monoisotopic (exact) mass is 387 g/mol. The third-order valence-electron chi connectivity index (χ3n) is 5.24. The van der Waals surface area contributed by atoms with Gasteiger partial charge in [0.25, 0.3) is 0 Å². The van der Waals surface area contributed by atoms with Gasteiger partial charge >= 0.3 is 0 Å². The molecule has 1 N–H and O–H groups in total. The van der Waals surface area contributed by atoms with Gasteiger partial charge in [-0.1, -0.05) is 41.9 Å². The minimum atomic E-state index is -0.295. The highest BCUT2D eigenvalue weighted by molar-refractivity contribution is 6.30. The summed E-state index contributed by atoms with van der Waals surface area (Å²) in [6.45, 7) is 1.90. The van der Waals surface area contributed by atoms with E-state index in [1.54, 1.807) is 6.07 Å². The molecule has 0 saturated carbocycles. The highest BCUT2D eigenvalue weighted by Gasteiger charge is 2.36. The van der Waals surface area contributed by atoms with Crippen molar-refractivity contribution in [3.8, 4) is 5.75 Å². The van der Waals surface area contributed by atoms with Crippen molar-refractivity contribution < 1.29 is 14.6 Å². The zero-order chi connectivity index (χ0) is 19.1. The van der Waals surface area contributed by atoms with Crippen LogP contribution in [0.4, 0.5) is 0 Å². The van der Waals surface area contributed by atoms with Crippen LogP contribution in [-0.2, 0) is 11.2 Å². The van der Waals surface area contributed by atoms with Crippen molar-refractivity contribution in [2.45, 2.75) is 25.7 Å². The standard InChI is InChI=1S/C22H26ClNO3/c23-19-7-4-6-18(14-19)15-21(26)24-12-5-10-22(16-24,17-25)11-13-27-20-8-2-1-3-9-20/h1-4,6-9,14,25H,5,10-13,15-17H2/t22-/m0/s1. The van der Waals surface area contributed by atoms with E-state index < -0.39 is 0 Å². The molecule has 2 aromatic carbocycles. The van der Waals surface area contributed by atoms with Gasteiger partial charge < -0.3 is 14.7 Å². The number of carbonyl (C=O) groups excluding carboxylic acids is 1. The predicted molar refractivity (Wildman–Crippen MR) is 107 cm³/mol. The third kappa shape index (κ3) is 5.47. The maximum absolute atomic E-state index is 12.7. The highest BCUT2D eigenvalue weighted by atomic mass is 35.5. The van der Waals surface area contributed by atoms with Gasteiger partial charge in [-0.3, -0.25) is 4.79 Å².